The van der Waals surface area contributed by atoms with Crippen molar-refractivity contribution in [3.8, 4) is 22.9 Å². The van der Waals surface area contributed by atoms with Gasteiger partial charge in [0.05, 0.1) is 11.0 Å². The van der Waals surface area contributed by atoms with Crippen LogP contribution in [0.5, 0.6) is 17.2 Å². The normalized spacial score (nSPS) is 12.1. The van der Waals surface area contributed by atoms with Crippen LogP contribution in [-0.2, 0) is 0 Å². The minimum atomic E-state index is -0.495. The molecule has 8 rings (SSSR count). The molecule has 37 heavy (non-hydrogen) atoms. The molecular weight excluding hydrogens is 478 g/mol. The fraction of sp³-hybridized carbons (Fsp3) is 0. The number of aromatic hydroxyl groups is 3. The van der Waals surface area contributed by atoms with Gasteiger partial charge in [0, 0.05) is 53.5 Å². The van der Waals surface area contributed by atoms with Crippen molar-refractivity contribution in [1.82, 2.24) is 4.57 Å². The summed E-state index contributed by atoms with van der Waals surface area (Å²) in [5.74, 6) is -1.11. The Bertz CT molecular complexity index is 2230. The number of phenols is 3. The van der Waals surface area contributed by atoms with Crippen molar-refractivity contribution in [2.45, 2.75) is 0 Å². The highest BCUT2D eigenvalue weighted by molar-refractivity contribution is 7.27. The van der Waals surface area contributed by atoms with Crippen LogP contribution in [-0.4, -0.2) is 19.9 Å². The molecule has 0 unspecified atom stereocenters. The zero-order valence-electron chi connectivity index (χ0n) is 19.4. The van der Waals surface area contributed by atoms with Gasteiger partial charge >= 0.3 is 0 Å². The Balaban J connectivity index is 1.81. The van der Waals surface area contributed by atoms with E-state index in [1.807, 2.05) is 30.3 Å². The van der Waals surface area contributed by atoms with Crippen LogP contribution in [0.1, 0.15) is 0 Å². The smallest absolute Gasteiger partial charge is 0.201 e. The molecule has 8 aromatic rings. The van der Waals surface area contributed by atoms with E-state index >= 15 is 0 Å². The molecule has 6 aromatic carbocycles. The molecule has 2 aromatic heterocycles. The monoisotopic (exact) mass is 497 g/mol. The first kappa shape index (κ1) is 20.5. The lowest BCUT2D eigenvalue weighted by Crippen LogP contribution is -1.94. The summed E-state index contributed by atoms with van der Waals surface area (Å²) >= 11 is 1.52. The number of aromatic nitrogens is 1. The second-order valence-corrected chi connectivity index (χ2v) is 10.4. The first-order valence-corrected chi connectivity index (χ1v) is 12.9. The number of phenolic OH excluding ortho intramolecular Hbond substituents is 3. The first-order valence-electron chi connectivity index (χ1n) is 12.1. The molecule has 4 nitrogen and oxygen atoms in total. The van der Waals surface area contributed by atoms with E-state index in [-0.39, 0.29) is 11.5 Å². The van der Waals surface area contributed by atoms with Gasteiger partial charge in [-0.2, -0.15) is 0 Å². The van der Waals surface area contributed by atoms with E-state index in [4.69, 9.17) is 0 Å². The largest absolute Gasteiger partial charge is 0.504 e. The Labute approximate surface area is 214 Å². The number of hydrogen-bond donors (Lipinski definition) is 3. The van der Waals surface area contributed by atoms with Gasteiger partial charge in [-0.25, -0.2) is 0 Å². The van der Waals surface area contributed by atoms with E-state index in [0.29, 0.717) is 5.39 Å². The van der Waals surface area contributed by atoms with E-state index in [9.17, 15) is 15.3 Å². The van der Waals surface area contributed by atoms with Crippen molar-refractivity contribution in [3.05, 3.63) is 97.1 Å². The molecule has 0 amide bonds. The van der Waals surface area contributed by atoms with Crippen LogP contribution in [0.25, 0.3) is 69.2 Å². The minimum absolute atomic E-state index is 0.293. The van der Waals surface area contributed by atoms with Gasteiger partial charge in [0.15, 0.2) is 11.5 Å². The Morgan fingerprint density at radius 1 is 0.568 bits per heavy atom. The molecule has 2 heterocycles. The molecule has 0 bridgehead atoms. The Kier molecular flexibility index (Phi) is 3.95. The molecule has 0 radical (unpaired) electrons. The summed E-state index contributed by atoms with van der Waals surface area (Å²) in [6.07, 6.45) is 0. The molecule has 3 N–H and O–H groups in total. The number of benzene rings is 6. The van der Waals surface area contributed by atoms with Gasteiger partial charge in [-0.15, -0.1) is 11.3 Å². The molecule has 5 heteroatoms. The Morgan fingerprint density at radius 2 is 1.27 bits per heavy atom. The van der Waals surface area contributed by atoms with Gasteiger partial charge in [-0.05, 0) is 29.0 Å². The lowest BCUT2D eigenvalue weighted by atomic mass is 9.97. The molecule has 0 aliphatic carbocycles. The molecule has 0 saturated carbocycles. The molecule has 0 aliphatic heterocycles. The lowest BCUT2D eigenvalue weighted by molar-refractivity contribution is 0.371. The van der Waals surface area contributed by atoms with Crippen LogP contribution in [0, 0.1) is 0 Å². The zero-order valence-corrected chi connectivity index (χ0v) is 20.3. The third-order valence-corrected chi connectivity index (χ3v) is 8.63. The standard InChI is InChI=1S/C32H19NO3S/c34-23-16-24-26(31(36)30(23)35)28-27-25-19-11-5-4-8-17(19)14-15-22(25)33(18-9-2-1-3-10-18)29(27)20-12-6-7-13-21(20)32(28)37-24/h1-16,34-36H. The first-order chi connectivity index (χ1) is 18.1. The van der Waals surface area contributed by atoms with E-state index in [1.54, 1.807) is 6.07 Å². The molecule has 0 atom stereocenters. The quantitative estimate of drug-likeness (QED) is 0.199. The van der Waals surface area contributed by atoms with Gasteiger partial charge in [0.1, 0.15) is 0 Å². The SMILES string of the molecule is Oc1cc2sc3c4ccccc4c4c(c3c2c(O)c1O)c1c2ccccc2ccc1n4-c1ccccc1. The zero-order chi connectivity index (χ0) is 24.8. The third-order valence-electron chi connectivity index (χ3n) is 7.46. The van der Waals surface area contributed by atoms with Gasteiger partial charge < -0.3 is 19.9 Å². The highest BCUT2D eigenvalue weighted by atomic mass is 32.1. The van der Waals surface area contributed by atoms with Crippen molar-refractivity contribution in [2.24, 2.45) is 0 Å². The van der Waals surface area contributed by atoms with Gasteiger partial charge in [0.25, 0.3) is 0 Å². The van der Waals surface area contributed by atoms with Crippen LogP contribution >= 0.6 is 11.3 Å². The Morgan fingerprint density at radius 3 is 2.08 bits per heavy atom. The van der Waals surface area contributed by atoms with Gasteiger partial charge in [-0.3, -0.25) is 0 Å². The van der Waals surface area contributed by atoms with E-state index < -0.39 is 5.75 Å². The molecule has 0 aliphatic rings. The van der Waals surface area contributed by atoms with Crippen molar-refractivity contribution >= 4 is 74.9 Å². The highest BCUT2D eigenvalue weighted by Crippen LogP contribution is 2.54. The third kappa shape index (κ3) is 2.56. The maximum absolute atomic E-state index is 11.2. The molecule has 176 valence electrons. The van der Waals surface area contributed by atoms with Crippen molar-refractivity contribution < 1.29 is 15.3 Å². The molecule has 0 spiro atoms. The van der Waals surface area contributed by atoms with Gasteiger partial charge in [-0.1, -0.05) is 72.8 Å². The van der Waals surface area contributed by atoms with E-state index in [1.165, 1.54) is 11.3 Å². The Hall–Kier alpha value is -4.74. The topological polar surface area (TPSA) is 65.6 Å². The number of fused-ring (bicyclic) bond motifs is 12. The minimum Gasteiger partial charge on any atom is -0.504 e. The summed E-state index contributed by atoms with van der Waals surface area (Å²) in [7, 11) is 0. The van der Waals surface area contributed by atoms with Crippen LogP contribution in [0.3, 0.4) is 0 Å². The fourth-order valence-electron chi connectivity index (χ4n) is 5.94. The van der Waals surface area contributed by atoms with Crippen LogP contribution < -0.4 is 0 Å². The summed E-state index contributed by atoms with van der Waals surface area (Å²) < 4.78 is 4.04. The predicted molar refractivity (Wildman–Crippen MR) is 154 cm³/mol. The van der Waals surface area contributed by atoms with Crippen LogP contribution in [0.2, 0.25) is 0 Å². The van der Waals surface area contributed by atoms with Crippen molar-refractivity contribution in [2.75, 3.05) is 0 Å². The summed E-state index contributed by atoms with van der Waals surface area (Å²) in [5, 5.41) is 40.0. The number of nitrogens with zero attached hydrogens (tertiary/aromatic N) is 1. The van der Waals surface area contributed by atoms with Crippen LogP contribution in [0.4, 0.5) is 0 Å². The molecular formula is C32H19NO3S. The second-order valence-electron chi connectivity index (χ2n) is 9.39. The summed E-state index contributed by atoms with van der Waals surface area (Å²) in [6.45, 7) is 0. The average molecular weight is 498 g/mol. The van der Waals surface area contributed by atoms with E-state index in [0.717, 1.165) is 63.8 Å². The number of hydrogen-bond acceptors (Lipinski definition) is 4. The summed E-state index contributed by atoms with van der Waals surface area (Å²) in [6, 6.07) is 32.9. The second kappa shape index (κ2) is 7.15. The fourth-order valence-corrected chi connectivity index (χ4v) is 7.22. The predicted octanol–water partition coefficient (Wildman–Crippen LogP) is 8.57. The molecule has 0 saturated heterocycles. The maximum Gasteiger partial charge on any atom is 0.201 e. The number of thiophene rings is 1. The van der Waals surface area contributed by atoms with Crippen molar-refractivity contribution in [1.29, 1.82) is 0 Å². The summed E-state index contributed by atoms with van der Waals surface area (Å²) in [4.78, 5) is 0. The lowest BCUT2D eigenvalue weighted by Gasteiger charge is -2.11. The van der Waals surface area contributed by atoms with Gasteiger partial charge in [0.2, 0.25) is 5.75 Å². The number of para-hydroxylation sites is 1. The van der Waals surface area contributed by atoms with Crippen molar-refractivity contribution in [3.63, 3.8) is 0 Å². The number of rotatable bonds is 1. The summed E-state index contributed by atoms with van der Waals surface area (Å²) in [5.41, 5.74) is 3.17. The van der Waals surface area contributed by atoms with Crippen LogP contribution in [0.15, 0.2) is 97.1 Å². The maximum atomic E-state index is 11.2. The average Bonchev–Trinajstić information content (AvgIpc) is 3.49. The van der Waals surface area contributed by atoms with E-state index in [2.05, 4.69) is 65.2 Å². The molecule has 0 fully saturated rings. The highest BCUT2D eigenvalue weighted by Gasteiger charge is 2.25.